The first-order valence-corrected chi connectivity index (χ1v) is 10.3. The molecule has 2 aliphatic rings. The highest BCUT2D eigenvalue weighted by atomic mass is 16.5. The Morgan fingerprint density at radius 2 is 1.96 bits per heavy atom. The monoisotopic (exact) mass is 383 g/mol. The fourth-order valence-corrected chi connectivity index (χ4v) is 4.00. The molecule has 5 nitrogen and oxygen atoms in total. The summed E-state index contributed by atoms with van der Waals surface area (Å²) in [6.45, 7) is 6.73. The summed E-state index contributed by atoms with van der Waals surface area (Å²) in [6.07, 6.45) is 3.70. The van der Waals surface area contributed by atoms with E-state index < -0.39 is 5.92 Å². The zero-order valence-electron chi connectivity index (χ0n) is 17.0. The first-order valence-electron chi connectivity index (χ1n) is 10.3. The fraction of sp³-hybridized carbons (Fsp3) is 0.478. The van der Waals surface area contributed by atoms with Gasteiger partial charge in [0.15, 0.2) is 5.78 Å². The number of esters is 1. The van der Waals surface area contributed by atoms with Crippen molar-refractivity contribution in [2.75, 3.05) is 13.2 Å². The average Bonchev–Trinajstić information content (AvgIpc) is 2.71. The molecule has 150 valence electrons. The number of rotatable bonds is 7. The van der Waals surface area contributed by atoms with E-state index in [1.807, 2.05) is 31.2 Å². The van der Waals surface area contributed by atoms with Crippen LogP contribution in [-0.2, 0) is 14.3 Å². The van der Waals surface area contributed by atoms with Crippen molar-refractivity contribution in [3.05, 3.63) is 52.4 Å². The van der Waals surface area contributed by atoms with Crippen molar-refractivity contribution < 1.29 is 19.1 Å². The summed E-state index contributed by atoms with van der Waals surface area (Å²) in [5, 5.41) is 3.38. The molecule has 1 unspecified atom stereocenters. The summed E-state index contributed by atoms with van der Waals surface area (Å²) >= 11 is 0. The summed E-state index contributed by atoms with van der Waals surface area (Å²) in [5.74, 6) is -0.00195. The molecule has 0 bridgehead atoms. The van der Waals surface area contributed by atoms with E-state index >= 15 is 0 Å². The molecule has 0 fully saturated rings. The zero-order chi connectivity index (χ0) is 20.1. The number of hydrogen-bond acceptors (Lipinski definition) is 5. The van der Waals surface area contributed by atoms with Gasteiger partial charge in [-0.2, -0.15) is 0 Å². The normalized spacial score (nSPS) is 19.2. The zero-order valence-corrected chi connectivity index (χ0v) is 17.0. The van der Waals surface area contributed by atoms with Crippen molar-refractivity contribution in [2.24, 2.45) is 0 Å². The molecule has 0 aromatic heterocycles. The third-order valence-electron chi connectivity index (χ3n) is 5.20. The van der Waals surface area contributed by atoms with Crippen molar-refractivity contribution in [3.8, 4) is 5.75 Å². The van der Waals surface area contributed by atoms with Gasteiger partial charge in [0.25, 0.3) is 0 Å². The maximum Gasteiger partial charge on any atom is 0.336 e. The minimum Gasteiger partial charge on any atom is -0.493 e. The fourth-order valence-electron chi connectivity index (χ4n) is 4.00. The molecule has 0 saturated heterocycles. The Balaban J connectivity index is 2.19. The number of carbonyl (C=O) groups is 2. The molecule has 0 radical (unpaired) electrons. The quantitative estimate of drug-likeness (QED) is 0.707. The minimum atomic E-state index is -0.453. The van der Waals surface area contributed by atoms with Gasteiger partial charge in [-0.3, -0.25) is 4.79 Å². The second kappa shape index (κ2) is 9.09. The molecule has 28 heavy (non-hydrogen) atoms. The van der Waals surface area contributed by atoms with Gasteiger partial charge in [0.05, 0.1) is 24.7 Å². The number of allylic oxidation sites excluding steroid dienone is 3. The number of ketones is 1. The standard InChI is InChI=1S/C23H29NO4/c1-4-14-28-19-13-8-7-10-15(19)20-21-17(11-9-12-18(21)25)24-16(5-2)22(20)23(26)27-6-3/h7-8,10,13,20,24H,4-6,9,11-12,14H2,1-3H3. The molecule has 0 amide bonds. The molecule has 1 heterocycles. The van der Waals surface area contributed by atoms with Crippen LogP contribution in [0.4, 0.5) is 0 Å². The van der Waals surface area contributed by atoms with Gasteiger partial charge in [-0.15, -0.1) is 0 Å². The van der Waals surface area contributed by atoms with Crippen LogP contribution in [0.1, 0.15) is 64.4 Å². The van der Waals surface area contributed by atoms with Crippen molar-refractivity contribution in [1.82, 2.24) is 5.32 Å². The number of para-hydroxylation sites is 1. The van der Waals surface area contributed by atoms with E-state index in [1.165, 1.54) is 0 Å². The van der Waals surface area contributed by atoms with Gasteiger partial charge in [-0.1, -0.05) is 32.0 Å². The molecule has 1 N–H and O–H groups in total. The van der Waals surface area contributed by atoms with Gasteiger partial charge in [0.2, 0.25) is 0 Å². The van der Waals surface area contributed by atoms with Gasteiger partial charge >= 0.3 is 5.97 Å². The Kier molecular flexibility index (Phi) is 6.55. The summed E-state index contributed by atoms with van der Waals surface area (Å²) < 4.78 is 11.4. The van der Waals surface area contributed by atoms with Gasteiger partial charge < -0.3 is 14.8 Å². The first kappa shape index (κ1) is 20.2. The molecule has 3 rings (SSSR count). The molecule has 1 atom stereocenters. The summed E-state index contributed by atoms with van der Waals surface area (Å²) in [5.41, 5.74) is 3.86. The Labute approximate surface area is 166 Å². The molecule has 0 saturated carbocycles. The second-order valence-electron chi connectivity index (χ2n) is 7.08. The van der Waals surface area contributed by atoms with E-state index in [0.717, 1.165) is 42.0 Å². The van der Waals surface area contributed by atoms with E-state index in [1.54, 1.807) is 6.92 Å². The number of carbonyl (C=O) groups excluding carboxylic acids is 2. The molecular weight excluding hydrogens is 354 g/mol. The van der Waals surface area contributed by atoms with E-state index in [4.69, 9.17) is 9.47 Å². The molecule has 0 spiro atoms. The maximum atomic E-state index is 13.0. The van der Waals surface area contributed by atoms with E-state index in [0.29, 0.717) is 37.2 Å². The molecule has 1 aliphatic carbocycles. The molecular formula is C23H29NO4. The molecule has 1 aromatic carbocycles. The van der Waals surface area contributed by atoms with Gasteiger partial charge in [0.1, 0.15) is 5.75 Å². The Bertz CT molecular complexity index is 822. The Morgan fingerprint density at radius 3 is 2.68 bits per heavy atom. The van der Waals surface area contributed by atoms with Crippen LogP contribution in [0.5, 0.6) is 5.75 Å². The third kappa shape index (κ3) is 3.84. The topological polar surface area (TPSA) is 64.6 Å². The summed E-state index contributed by atoms with van der Waals surface area (Å²) in [6, 6.07) is 7.72. The maximum absolute atomic E-state index is 13.0. The number of dihydropyridines is 1. The number of benzene rings is 1. The third-order valence-corrected chi connectivity index (χ3v) is 5.20. The minimum absolute atomic E-state index is 0.0981. The average molecular weight is 383 g/mol. The summed E-state index contributed by atoms with van der Waals surface area (Å²) in [7, 11) is 0. The van der Waals surface area contributed by atoms with Crippen LogP contribution in [0.2, 0.25) is 0 Å². The lowest BCUT2D eigenvalue weighted by atomic mass is 9.74. The Morgan fingerprint density at radius 1 is 1.18 bits per heavy atom. The highest BCUT2D eigenvalue weighted by molar-refractivity contribution is 6.04. The number of hydrogen-bond donors (Lipinski definition) is 1. The van der Waals surface area contributed by atoms with E-state index in [-0.39, 0.29) is 11.8 Å². The highest BCUT2D eigenvalue weighted by Gasteiger charge is 2.40. The molecule has 1 aliphatic heterocycles. The van der Waals surface area contributed by atoms with Crippen LogP contribution in [0.15, 0.2) is 46.8 Å². The van der Waals surface area contributed by atoms with E-state index in [2.05, 4.69) is 12.2 Å². The largest absolute Gasteiger partial charge is 0.493 e. The van der Waals surface area contributed by atoms with E-state index in [9.17, 15) is 9.59 Å². The smallest absolute Gasteiger partial charge is 0.336 e. The predicted octanol–water partition coefficient (Wildman–Crippen LogP) is 4.40. The van der Waals surface area contributed by atoms with Crippen LogP contribution < -0.4 is 10.1 Å². The van der Waals surface area contributed by atoms with Crippen molar-refractivity contribution >= 4 is 11.8 Å². The van der Waals surface area contributed by atoms with Crippen LogP contribution in [-0.4, -0.2) is 25.0 Å². The van der Waals surface area contributed by atoms with Gasteiger partial charge in [-0.25, -0.2) is 4.79 Å². The Hall–Kier alpha value is -2.56. The second-order valence-corrected chi connectivity index (χ2v) is 7.08. The lowest BCUT2D eigenvalue weighted by Crippen LogP contribution is -2.35. The highest BCUT2D eigenvalue weighted by Crippen LogP contribution is 2.45. The predicted molar refractivity (Wildman–Crippen MR) is 108 cm³/mol. The van der Waals surface area contributed by atoms with Gasteiger partial charge in [-0.05, 0) is 38.7 Å². The van der Waals surface area contributed by atoms with Crippen LogP contribution >= 0.6 is 0 Å². The molecule has 1 aromatic rings. The lowest BCUT2D eigenvalue weighted by molar-refractivity contribution is -0.138. The first-order chi connectivity index (χ1) is 13.6. The van der Waals surface area contributed by atoms with Crippen molar-refractivity contribution in [2.45, 2.75) is 58.8 Å². The molecule has 5 heteroatoms. The van der Waals surface area contributed by atoms with Crippen molar-refractivity contribution in [1.29, 1.82) is 0 Å². The number of nitrogens with one attached hydrogen (secondary N) is 1. The van der Waals surface area contributed by atoms with Crippen molar-refractivity contribution in [3.63, 3.8) is 0 Å². The van der Waals surface area contributed by atoms with Crippen LogP contribution in [0, 0.1) is 0 Å². The van der Waals surface area contributed by atoms with Gasteiger partial charge in [0, 0.05) is 29.0 Å². The SMILES string of the molecule is CCCOc1ccccc1C1C2=C(CCCC2=O)NC(CC)=C1C(=O)OCC. The van der Waals surface area contributed by atoms with Crippen LogP contribution in [0.3, 0.4) is 0 Å². The number of Topliss-reactive ketones (excluding diaryl/α,β-unsaturated/α-hetero) is 1. The van der Waals surface area contributed by atoms with Crippen LogP contribution in [0.25, 0.3) is 0 Å². The lowest BCUT2D eigenvalue weighted by Gasteiger charge is -2.35. The summed E-state index contributed by atoms with van der Waals surface area (Å²) in [4.78, 5) is 25.9. The number of ether oxygens (including phenoxy) is 2.